The van der Waals surface area contributed by atoms with Gasteiger partial charge < -0.3 is 19.3 Å². The maximum Gasteiger partial charge on any atom is 0.260 e. The molecule has 0 radical (unpaired) electrons. The van der Waals surface area contributed by atoms with E-state index in [9.17, 15) is 4.79 Å². The first-order valence-corrected chi connectivity index (χ1v) is 10.4. The van der Waals surface area contributed by atoms with E-state index >= 15 is 0 Å². The fraction of sp³-hybridized carbons (Fsp3) is 0.160. The summed E-state index contributed by atoms with van der Waals surface area (Å²) < 4.78 is 16.7. The lowest BCUT2D eigenvalue weighted by Crippen LogP contribution is -2.13. The summed E-state index contributed by atoms with van der Waals surface area (Å²) >= 11 is 0. The van der Waals surface area contributed by atoms with Gasteiger partial charge in [0, 0.05) is 11.1 Å². The fourth-order valence-corrected chi connectivity index (χ4v) is 3.20. The molecular weight excluding hydrogens is 406 g/mol. The number of anilines is 1. The quantitative estimate of drug-likeness (QED) is 0.401. The lowest BCUT2D eigenvalue weighted by atomic mass is 10.1. The minimum absolute atomic E-state index is 0.288. The highest BCUT2D eigenvalue weighted by Gasteiger charge is 2.17. The van der Waals surface area contributed by atoms with Crippen LogP contribution in [0, 0.1) is 0 Å². The number of amides is 1. The zero-order valence-corrected chi connectivity index (χ0v) is 17.9. The second-order valence-corrected chi connectivity index (χ2v) is 6.82. The van der Waals surface area contributed by atoms with Gasteiger partial charge in [-0.25, -0.2) is 0 Å². The molecule has 0 fully saturated rings. The average molecular weight is 429 g/mol. The number of aromatic nitrogens is 2. The van der Waals surface area contributed by atoms with Crippen LogP contribution in [0.1, 0.15) is 24.2 Å². The van der Waals surface area contributed by atoms with E-state index in [2.05, 4.69) is 15.5 Å². The molecule has 7 nitrogen and oxygen atoms in total. The summed E-state index contributed by atoms with van der Waals surface area (Å²) in [6.45, 7) is 4.75. The van der Waals surface area contributed by atoms with Crippen LogP contribution < -0.4 is 14.8 Å². The first-order valence-electron chi connectivity index (χ1n) is 10.4. The number of carbonyl (C=O) groups is 1. The van der Waals surface area contributed by atoms with Crippen molar-refractivity contribution in [2.75, 3.05) is 18.5 Å². The van der Waals surface area contributed by atoms with Crippen molar-refractivity contribution < 1.29 is 18.8 Å². The van der Waals surface area contributed by atoms with E-state index in [0.717, 1.165) is 5.56 Å². The van der Waals surface area contributed by atoms with E-state index in [1.807, 2.05) is 62.4 Å². The minimum atomic E-state index is -0.288. The van der Waals surface area contributed by atoms with Crippen molar-refractivity contribution in [3.05, 3.63) is 78.4 Å². The summed E-state index contributed by atoms with van der Waals surface area (Å²) in [4.78, 5) is 17.5. The van der Waals surface area contributed by atoms with Crippen LogP contribution in [0.5, 0.6) is 11.5 Å². The van der Waals surface area contributed by atoms with Crippen molar-refractivity contribution in [1.29, 1.82) is 0 Å². The standard InChI is InChI=1S/C25H23N3O4/c1-3-30-21-15-14-18(16-22(21)31-4-2)24(29)26-20-13-9-8-12-19(20)25-27-23(28-32-25)17-10-6-5-7-11-17/h5-16H,3-4H2,1-2H3,(H,26,29). The van der Waals surface area contributed by atoms with Gasteiger partial charge in [-0.1, -0.05) is 47.6 Å². The zero-order valence-electron chi connectivity index (χ0n) is 17.9. The molecule has 1 amide bonds. The van der Waals surface area contributed by atoms with E-state index in [-0.39, 0.29) is 5.91 Å². The molecule has 0 saturated carbocycles. The Morgan fingerprint density at radius 2 is 1.62 bits per heavy atom. The van der Waals surface area contributed by atoms with Crippen molar-refractivity contribution >= 4 is 11.6 Å². The first kappa shape index (κ1) is 21.1. The summed E-state index contributed by atoms with van der Waals surface area (Å²) in [5, 5.41) is 7.00. The Morgan fingerprint density at radius 3 is 2.41 bits per heavy atom. The summed E-state index contributed by atoms with van der Waals surface area (Å²) in [5.74, 6) is 1.64. The van der Waals surface area contributed by atoms with Crippen molar-refractivity contribution in [2.45, 2.75) is 13.8 Å². The van der Waals surface area contributed by atoms with Crippen LogP contribution in [0.15, 0.2) is 77.3 Å². The molecular formula is C25H23N3O4. The molecule has 0 atom stereocenters. The smallest absolute Gasteiger partial charge is 0.260 e. The molecule has 0 unspecified atom stereocenters. The third kappa shape index (κ3) is 4.62. The molecule has 0 aliphatic rings. The van der Waals surface area contributed by atoms with Crippen molar-refractivity contribution in [3.63, 3.8) is 0 Å². The lowest BCUT2D eigenvalue weighted by molar-refractivity contribution is 0.102. The largest absolute Gasteiger partial charge is 0.490 e. The second-order valence-electron chi connectivity index (χ2n) is 6.82. The molecule has 3 aromatic carbocycles. The van der Waals surface area contributed by atoms with Gasteiger partial charge in [0.25, 0.3) is 11.8 Å². The molecule has 0 aliphatic carbocycles. The van der Waals surface area contributed by atoms with Gasteiger partial charge in [0.1, 0.15) is 0 Å². The van der Waals surface area contributed by atoms with Crippen LogP contribution >= 0.6 is 0 Å². The monoisotopic (exact) mass is 429 g/mol. The zero-order chi connectivity index (χ0) is 22.3. The molecule has 0 spiro atoms. The first-order chi connectivity index (χ1) is 15.7. The predicted molar refractivity (Wildman–Crippen MR) is 122 cm³/mol. The van der Waals surface area contributed by atoms with Gasteiger partial charge >= 0.3 is 0 Å². The Kier molecular flexibility index (Phi) is 6.46. The van der Waals surface area contributed by atoms with Crippen LogP contribution in [0.3, 0.4) is 0 Å². The second kappa shape index (κ2) is 9.78. The maximum atomic E-state index is 13.0. The molecule has 1 heterocycles. The summed E-state index contributed by atoms with van der Waals surface area (Å²) in [5.41, 5.74) is 2.49. The van der Waals surface area contributed by atoms with E-state index in [1.54, 1.807) is 24.3 Å². The lowest BCUT2D eigenvalue weighted by Gasteiger charge is -2.13. The molecule has 162 valence electrons. The van der Waals surface area contributed by atoms with Gasteiger partial charge in [-0.2, -0.15) is 4.98 Å². The number of benzene rings is 3. The Balaban J connectivity index is 1.59. The van der Waals surface area contributed by atoms with Crippen molar-refractivity contribution in [3.8, 4) is 34.3 Å². The highest BCUT2D eigenvalue weighted by Crippen LogP contribution is 2.31. The van der Waals surface area contributed by atoms with Crippen LogP contribution in [0.25, 0.3) is 22.8 Å². The van der Waals surface area contributed by atoms with Crippen LogP contribution in [-0.4, -0.2) is 29.3 Å². The third-order valence-electron chi connectivity index (χ3n) is 4.67. The number of rotatable bonds is 8. The summed E-state index contributed by atoms with van der Waals surface area (Å²) in [7, 11) is 0. The third-order valence-corrected chi connectivity index (χ3v) is 4.67. The molecule has 32 heavy (non-hydrogen) atoms. The van der Waals surface area contributed by atoms with Gasteiger partial charge in [-0.3, -0.25) is 4.79 Å². The molecule has 0 bridgehead atoms. The number of nitrogens with one attached hydrogen (secondary N) is 1. The Labute approximate surface area is 186 Å². The average Bonchev–Trinajstić information content (AvgIpc) is 3.31. The molecule has 1 N–H and O–H groups in total. The SMILES string of the molecule is CCOc1ccc(C(=O)Nc2ccccc2-c2nc(-c3ccccc3)no2)cc1OCC. The van der Waals surface area contributed by atoms with Gasteiger partial charge in [-0.05, 0) is 44.2 Å². The fourth-order valence-electron chi connectivity index (χ4n) is 3.20. The highest BCUT2D eigenvalue weighted by molar-refractivity contribution is 6.06. The van der Waals surface area contributed by atoms with E-state index in [1.165, 1.54) is 0 Å². The normalized spacial score (nSPS) is 10.6. The highest BCUT2D eigenvalue weighted by atomic mass is 16.5. The number of carbonyl (C=O) groups excluding carboxylic acids is 1. The molecule has 0 saturated heterocycles. The van der Waals surface area contributed by atoms with Crippen LogP contribution in [0.2, 0.25) is 0 Å². The minimum Gasteiger partial charge on any atom is -0.490 e. The maximum absolute atomic E-state index is 13.0. The summed E-state index contributed by atoms with van der Waals surface area (Å²) in [6, 6.07) is 22.0. The number of nitrogens with zero attached hydrogens (tertiary/aromatic N) is 2. The van der Waals surface area contributed by atoms with Crippen LogP contribution in [-0.2, 0) is 0 Å². The van der Waals surface area contributed by atoms with E-state index < -0.39 is 0 Å². The molecule has 4 rings (SSSR count). The molecule has 4 aromatic rings. The number of hydrogen-bond acceptors (Lipinski definition) is 6. The van der Waals surface area contributed by atoms with Crippen LogP contribution in [0.4, 0.5) is 5.69 Å². The van der Waals surface area contributed by atoms with Gasteiger partial charge in [0.15, 0.2) is 11.5 Å². The van der Waals surface area contributed by atoms with Crippen molar-refractivity contribution in [2.24, 2.45) is 0 Å². The topological polar surface area (TPSA) is 86.5 Å². The molecule has 0 aliphatic heterocycles. The predicted octanol–water partition coefficient (Wildman–Crippen LogP) is 5.45. The number of hydrogen-bond donors (Lipinski definition) is 1. The Bertz CT molecular complexity index is 1200. The number of para-hydroxylation sites is 1. The van der Waals surface area contributed by atoms with Gasteiger partial charge in [0.2, 0.25) is 5.82 Å². The van der Waals surface area contributed by atoms with E-state index in [0.29, 0.717) is 53.2 Å². The Hall–Kier alpha value is -4.13. The number of ether oxygens (including phenoxy) is 2. The van der Waals surface area contributed by atoms with E-state index in [4.69, 9.17) is 14.0 Å². The van der Waals surface area contributed by atoms with Gasteiger partial charge in [0.05, 0.1) is 24.5 Å². The summed E-state index contributed by atoms with van der Waals surface area (Å²) in [6.07, 6.45) is 0. The van der Waals surface area contributed by atoms with Crippen molar-refractivity contribution in [1.82, 2.24) is 10.1 Å². The molecule has 7 heteroatoms. The Morgan fingerprint density at radius 1 is 0.906 bits per heavy atom. The van der Waals surface area contributed by atoms with Gasteiger partial charge in [-0.15, -0.1) is 0 Å². The molecule has 1 aromatic heterocycles.